The van der Waals surface area contributed by atoms with Crippen LogP contribution >= 0.6 is 0 Å². The van der Waals surface area contributed by atoms with Gasteiger partial charge in [-0.1, -0.05) is 56.9 Å². The molecule has 1 nitrogen and oxygen atoms in total. The summed E-state index contributed by atoms with van der Waals surface area (Å²) in [6, 6.07) is 5.91. The van der Waals surface area contributed by atoms with Gasteiger partial charge in [0.1, 0.15) is 5.75 Å². The fourth-order valence-electron chi connectivity index (χ4n) is 4.62. The van der Waals surface area contributed by atoms with Gasteiger partial charge in [-0.2, -0.15) is 0 Å². The highest BCUT2D eigenvalue weighted by Crippen LogP contribution is 2.45. The molecular weight excluding hydrogens is 244 g/mol. The minimum absolute atomic E-state index is 0.383. The van der Waals surface area contributed by atoms with E-state index in [2.05, 4.69) is 12.6 Å². The van der Waals surface area contributed by atoms with Gasteiger partial charge in [0.2, 0.25) is 0 Å². The van der Waals surface area contributed by atoms with Gasteiger partial charge in [-0.3, -0.25) is 0 Å². The summed E-state index contributed by atoms with van der Waals surface area (Å²) in [5.41, 5.74) is 2.24. The van der Waals surface area contributed by atoms with Crippen LogP contribution in [-0.2, 0) is 6.42 Å². The van der Waals surface area contributed by atoms with E-state index in [0.29, 0.717) is 5.75 Å². The molecule has 1 aromatic carbocycles. The third kappa shape index (κ3) is 2.63. The molecule has 20 heavy (non-hydrogen) atoms. The molecule has 3 rings (SSSR count). The molecule has 3 unspecified atom stereocenters. The van der Waals surface area contributed by atoms with Gasteiger partial charge in [0.15, 0.2) is 0 Å². The van der Waals surface area contributed by atoms with Crippen molar-refractivity contribution in [3.8, 4) is 5.75 Å². The number of benzene rings is 1. The molecule has 0 aromatic heterocycles. The first-order valence-electron chi connectivity index (χ1n) is 8.23. The van der Waals surface area contributed by atoms with Crippen molar-refractivity contribution in [1.29, 1.82) is 0 Å². The van der Waals surface area contributed by atoms with Crippen molar-refractivity contribution in [2.24, 2.45) is 17.8 Å². The lowest BCUT2D eigenvalue weighted by molar-refractivity contribution is 0.104. The maximum atomic E-state index is 9.98. The van der Waals surface area contributed by atoms with Crippen LogP contribution in [0, 0.1) is 17.8 Å². The number of fused-ring (bicyclic) bond motifs is 1. The zero-order valence-corrected chi connectivity index (χ0v) is 12.4. The van der Waals surface area contributed by atoms with Gasteiger partial charge in [0.05, 0.1) is 0 Å². The fraction of sp³-hybridized carbons (Fsp3) is 0.579. The van der Waals surface area contributed by atoms with Crippen molar-refractivity contribution in [3.63, 3.8) is 0 Å². The lowest BCUT2D eigenvalue weighted by atomic mass is 9.64. The van der Waals surface area contributed by atoms with Gasteiger partial charge in [-0.25, -0.2) is 0 Å². The molecular formula is C19H26O. The molecule has 108 valence electrons. The minimum Gasteiger partial charge on any atom is -0.507 e. The van der Waals surface area contributed by atoms with Crippen molar-refractivity contribution in [3.05, 3.63) is 35.9 Å². The molecule has 0 bridgehead atoms. The van der Waals surface area contributed by atoms with E-state index in [0.717, 1.165) is 29.7 Å². The molecule has 0 radical (unpaired) electrons. The molecule has 0 spiro atoms. The normalized spacial score (nSPS) is 29.7. The largest absolute Gasteiger partial charge is 0.507 e. The lowest BCUT2D eigenvalue weighted by Crippen LogP contribution is -2.32. The number of rotatable bonds is 3. The van der Waals surface area contributed by atoms with Crippen LogP contribution < -0.4 is 0 Å². The molecule has 1 N–H and O–H groups in total. The van der Waals surface area contributed by atoms with E-state index in [1.165, 1.54) is 50.5 Å². The molecule has 0 heterocycles. The summed E-state index contributed by atoms with van der Waals surface area (Å²) in [7, 11) is 0. The second kappa shape index (κ2) is 6.03. The molecule has 3 atom stereocenters. The van der Waals surface area contributed by atoms with E-state index in [1.807, 2.05) is 12.1 Å². The average Bonchev–Trinajstić information content (AvgIpc) is 2.48. The zero-order valence-electron chi connectivity index (χ0n) is 12.4. The monoisotopic (exact) mass is 270 g/mol. The van der Waals surface area contributed by atoms with Crippen molar-refractivity contribution >= 4 is 6.08 Å². The summed E-state index contributed by atoms with van der Waals surface area (Å²) in [6.45, 7) is 3.87. The van der Waals surface area contributed by atoms with Gasteiger partial charge in [-0.05, 0) is 48.6 Å². The first-order valence-corrected chi connectivity index (χ1v) is 8.23. The van der Waals surface area contributed by atoms with Crippen molar-refractivity contribution < 1.29 is 5.11 Å². The van der Waals surface area contributed by atoms with Crippen LogP contribution in [0.3, 0.4) is 0 Å². The smallest absolute Gasteiger partial charge is 0.123 e. The van der Waals surface area contributed by atoms with Gasteiger partial charge >= 0.3 is 0 Å². The first-order chi connectivity index (χ1) is 9.79. The highest BCUT2D eigenvalue weighted by molar-refractivity contribution is 5.59. The van der Waals surface area contributed by atoms with Crippen LogP contribution in [0.1, 0.15) is 56.1 Å². The third-order valence-electron chi connectivity index (χ3n) is 5.58. The maximum Gasteiger partial charge on any atom is 0.123 e. The Labute approximate surface area is 122 Å². The second-order valence-electron chi connectivity index (χ2n) is 6.66. The van der Waals surface area contributed by atoms with Crippen molar-refractivity contribution in [2.45, 2.75) is 51.4 Å². The molecule has 2 aliphatic rings. The number of phenols is 1. The summed E-state index contributed by atoms with van der Waals surface area (Å²) in [4.78, 5) is 0. The Morgan fingerprint density at radius 3 is 2.75 bits per heavy atom. The second-order valence-corrected chi connectivity index (χ2v) is 6.66. The Hall–Kier alpha value is -1.24. The quantitative estimate of drug-likeness (QED) is 0.802. The minimum atomic E-state index is 0.383. The average molecular weight is 270 g/mol. The standard InChI is InChI=1S/C19H26O/c1-2-17-15(10-6-12-19(17)20)13-16-9-5-8-14-7-3-4-11-18(14)16/h2,6,10,12,14,16,18,20H,1,3-5,7-9,11,13H2. The SMILES string of the molecule is C=Cc1c(O)cccc1CC1CCCC2CCCCC21. The predicted molar refractivity (Wildman–Crippen MR) is 84.7 cm³/mol. The Balaban J connectivity index is 1.79. The Kier molecular flexibility index (Phi) is 4.14. The molecule has 1 aromatic rings. The zero-order chi connectivity index (χ0) is 13.9. The Morgan fingerprint density at radius 1 is 1.10 bits per heavy atom. The van der Waals surface area contributed by atoms with Crippen LogP contribution in [0.2, 0.25) is 0 Å². The molecule has 0 saturated heterocycles. The van der Waals surface area contributed by atoms with Gasteiger partial charge in [-0.15, -0.1) is 0 Å². The highest BCUT2D eigenvalue weighted by Gasteiger charge is 2.34. The van der Waals surface area contributed by atoms with Gasteiger partial charge in [0, 0.05) is 5.56 Å². The van der Waals surface area contributed by atoms with E-state index >= 15 is 0 Å². The maximum absolute atomic E-state index is 9.98. The summed E-state index contributed by atoms with van der Waals surface area (Å²) in [5, 5.41) is 9.98. The number of hydrogen-bond acceptors (Lipinski definition) is 1. The molecule has 0 amide bonds. The lowest BCUT2D eigenvalue weighted by Gasteiger charge is -2.41. The van der Waals surface area contributed by atoms with Crippen molar-refractivity contribution in [1.82, 2.24) is 0 Å². The predicted octanol–water partition coefficient (Wildman–Crippen LogP) is 5.18. The molecule has 1 heteroatoms. The molecule has 2 aliphatic carbocycles. The molecule has 0 aliphatic heterocycles. The van der Waals surface area contributed by atoms with E-state index in [4.69, 9.17) is 0 Å². The topological polar surface area (TPSA) is 20.2 Å². The number of phenolic OH excluding ortho intramolecular Hbond substituents is 1. The van der Waals surface area contributed by atoms with E-state index < -0.39 is 0 Å². The summed E-state index contributed by atoms with van der Waals surface area (Å²) >= 11 is 0. The summed E-state index contributed by atoms with van der Waals surface area (Å²) in [6.07, 6.45) is 12.9. The van der Waals surface area contributed by atoms with E-state index in [1.54, 1.807) is 6.07 Å². The molecule has 2 saturated carbocycles. The highest BCUT2D eigenvalue weighted by atomic mass is 16.3. The van der Waals surface area contributed by atoms with Crippen molar-refractivity contribution in [2.75, 3.05) is 0 Å². The molecule has 2 fully saturated rings. The van der Waals surface area contributed by atoms with Crippen LogP contribution in [0.5, 0.6) is 5.75 Å². The summed E-state index contributed by atoms with van der Waals surface area (Å²) in [5.74, 6) is 3.10. The number of hydrogen-bond donors (Lipinski definition) is 1. The Bertz CT molecular complexity index is 475. The van der Waals surface area contributed by atoms with Crippen LogP contribution in [-0.4, -0.2) is 5.11 Å². The first kappa shape index (κ1) is 13.7. The fourth-order valence-corrected chi connectivity index (χ4v) is 4.62. The van der Waals surface area contributed by atoms with Gasteiger partial charge < -0.3 is 5.11 Å². The summed E-state index contributed by atoms with van der Waals surface area (Å²) < 4.78 is 0. The van der Waals surface area contributed by atoms with Crippen LogP contribution in [0.25, 0.3) is 6.08 Å². The third-order valence-corrected chi connectivity index (χ3v) is 5.58. The van der Waals surface area contributed by atoms with Crippen LogP contribution in [0.4, 0.5) is 0 Å². The van der Waals surface area contributed by atoms with E-state index in [9.17, 15) is 5.11 Å². The Morgan fingerprint density at radius 2 is 1.90 bits per heavy atom. The van der Waals surface area contributed by atoms with Gasteiger partial charge in [0.25, 0.3) is 0 Å². The van der Waals surface area contributed by atoms with E-state index in [-0.39, 0.29) is 0 Å². The number of aromatic hydroxyl groups is 1. The van der Waals surface area contributed by atoms with Crippen LogP contribution in [0.15, 0.2) is 24.8 Å².